The third-order valence-corrected chi connectivity index (χ3v) is 5.49. The SMILES string of the molecule is CCOC(=O)c1nn(-c2cccc(C#C[C@]3(O)CCN(C)C3=O)c2)c2c1CCC2O. The lowest BCUT2D eigenvalue weighted by molar-refractivity contribution is -0.137. The average molecular weight is 409 g/mol. The number of amides is 1. The number of aromatic nitrogens is 2. The summed E-state index contributed by atoms with van der Waals surface area (Å²) in [7, 11) is 1.63. The Bertz CT molecular complexity index is 1080. The lowest BCUT2D eigenvalue weighted by Crippen LogP contribution is -2.37. The van der Waals surface area contributed by atoms with E-state index < -0.39 is 23.6 Å². The molecule has 1 fully saturated rings. The van der Waals surface area contributed by atoms with Crippen molar-refractivity contribution >= 4 is 11.9 Å². The number of esters is 1. The molecule has 4 rings (SSSR count). The minimum absolute atomic E-state index is 0.216. The molecule has 2 aliphatic rings. The highest BCUT2D eigenvalue weighted by atomic mass is 16.5. The first kappa shape index (κ1) is 20.1. The fourth-order valence-corrected chi connectivity index (χ4v) is 3.89. The van der Waals surface area contributed by atoms with Gasteiger partial charge in [-0.2, -0.15) is 5.10 Å². The van der Waals surface area contributed by atoms with E-state index in [-0.39, 0.29) is 18.7 Å². The molecule has 1 saturated heterocycles. The number of ether oxygens (including phenoxy) is 1. The fourth-order valence-electron chi connectivity index (χ4n) is 3.89. The Balaban J connectivity index is 1.71. The second-order valence-corrected chi connectivity index (χ2v) is 7.54. The molecule has 0 bridgehead atoms. The van der Waals surface area contributed by atoms with Gasteiger partial charge in [-0.25, -0.2) is 9.48 Å². The molecule has 1 unspecified atom stereocenters. The first-order valence-corrected chi connectivity index (χ1v) is 9.92. The van der Waals surface area contributed by atoms with Crippen molar-refractivity contribution < 1.29 is 24.5 Å². The van der Waals surface area contributed by atoms with Gasteiger partial charge < -0.3 is 19.8 Å². The Hall–Kier alpha value is -3.15. The summed E-state index contributed by atoms with van der Waals surface area (Å²) < 4.78 is 6.65. The van der Waals surface area contributed by atoms with E-state index in [4.69, 9.17) is 4.74 Å². The molecule has 1 aromatic carbocycles. The van der Waals surface area contributed by atoms with Crippen LogP contribution < -0.4 is 0 Å². The van der Waals surface area contributed by atoms with Gasteiger partial charge in [0.25, 0.3) is 5.91 Å². The first-order chi connectivity index (χ1) is 14.3. The Morgan fingerprint density at radius 1 is 1.43 bits per heavy atom. The molecule has 2 atom stereocenters. The summed E-state index contributed by atoms with van der Waals surface area (Å²) in [6.45, 7) is 2.43. The maximum absolute atomic E-state index is 12.3. The van der Waals surface area contributed by atoms with Gasteiger partial charge in [-0.1, -0.05) is 17.9 Å². The molecular formula is C22H23N3O5. The van der Waals surface area contributed by atoms with Crippen LogP contribution in [-0.2, 0) is 16.0 Å². The fraction of sp³-hybridized carbons (Fsp3) is 0.409. The summed E-state index contributed by atoms with van der Waals surface area (Å²) in [6.07, 6.45) is 0.600. The lowest BCUT2D eigenvalue weighted by Gasteiger charge is -2.13. The van der Waals surface area contributed by atoms with Gasteiger partial charge in [0.1, 0.15) is 0 Å². The number of fused-ring (bicyclic) bond motifs is 1. The van der Waals surface area contributed by atoms with Gasteiger partial charge in [-0.15, -0.1) is 0 Å². The van der Waals surface area contributed by atoms with Gasteiger partial charge in [0.05, 0.1) is 24.1 Å². The van der Waals surface area contributed by atoms with Crippen LogP contribution in [-0.4, -0.2) is 62.6 Å². The highest BCUT2D eigenvalue weighted by Crippen LogP contribution is 2.35. The largest absolute Gasteiger partial charge is 0.461 e. The molecule has 2 heterocycles. The van der Waals surface area contributed by atoms with Crippen LogP contribution in [0.25, 0.3) is 5.69 Å². The molecule has 8 heteroatoms. The Kier molecular flexibility index (Phi) is 5.10. The van der Waals surface area contributed by atoms with Crippen LogP contribution >= 0.6 is 0 Å². The molecule has 1 amide bonds. The van der Waals surface area contributed by atoms with Crippen LogP contribution in [0.15, 0.2) is 24.3 Å². The van der Waals surface area contributed by atoms with Crippen molar-refractivity contribution in [2.75, 3.05) is 20.2 Å². The minimum Gasteiger partial charge on any atom is -0.461 e. The van der Waals surface area contributed by atoms with E-state index in [0.29, 0.717) is 41.9 Å². The summed E-state index contributed by atoms with van der Waals surface area (Å²) in [5.74, 6) is 4.65. The molecule has 0 saturated carbocycles. The van der Waals surface area contributed by atoms with Crippen LogP contribution in [0.1, 0.15) is 53.2 Å². The predicted octanol–water partition coefficient (Wildman–Crippen LogP) is 0.973. The highest BCUT2D eigenvalue weighted by molar-refractivity contribution is 5.90. The Morgan fingerprint density at radius 2 is 2.23 bits per heavy atom. The number of hydrogen-bond acceptors (Lipinski definition) is 6. The van der Waals surface area contributed by atoms with Gasteiger partial charge in [-0.05, 0) is 38.0 Å². The highest BCUT2D eigenvalue weighted by Gasteiger charge is 2.42. The smallest absolute Gasteiger partial charge is 0.359 e. The van der Waals surface area contributed by atoms with Crippen molar-refractivity contribution in [3.8, 4) is 17.5 Å². The number of aliphatic hydroxyl groups excluding tert-OH is 1. The molecule has 1 aliphatic carbocycles. The zero-order valence-electron chi connectivity index (χ0n) is 16.9. The van der Waals surface area contributed by atoms with Crippen molar-refractivity contribution in [2.45, 2.75) is 37.9 Å². The molecule has 2 aromatic rings. The number of aliphatic hydroxyl groups is 2. The number of hydrogen-bond donors (Lipinski definition) is 2. The summed E-state index contributed by atoms with van der Waals surface area (Å²) in [5, 5.41) is 25.3. The van der Waals surface area contributed by atoms with Crippen molar-refractivity contribution in [1.29, 1.82) is 0 Å². The van der Waals surface area contributed by atoms with E-state index in [1.807, 2.05) is 0 Å². The number of likely N-dealkylation sites (N-methyl/N-ethyl adjacent to an activating group) is 1. The van der Waals surface area contributed by atoms with E-state index in [1.54, 1.807) is 42.9 Å². The van der Waals surface area contributed by atoms with E-state index >= 15 is 0 Å². The van der Waals surface area contributed by atoms with Crippen LogP contribution in [0.5, 0.6) is 0 Å². The first-order valence-electron chi connectivity index (χ1n) is 9.92. The Morgan fingerprint density at radius 3 is 2.93 bits per heavy atom. The molecule has 0 spiro atoms. The number of benzene rings is 1. The minimum atomic E-state index is -1.68. The zero-order valence-corrected chi connectivity index (χ0v) is 16.9. The van der Waals surface area contributed by atoms with E-state index in [1.165, 1.54) is 4.90 Å². The molecular weight excluding hydrogens is 386 g/mol. The normalized spacial score (nSPS) is 22.6. The average Bonchev–Trinajstić information content (AvgIpc) is 3.38. The number of rotatable bonds is 3. The lowest BCUT2D eigenvalue weighted by atomic mass is 10.0. The number of carbonyl (C=O) groups is 2. The third kappa shape index (κ3) is 3.36. The topological polar surface area (TPSA) is 105 Å². The third-order valence-electron chi connectivity index (χ3n) is 5.49. The molecule has 1 aliphatic heterocycles. The van der Waals surface area contributed by atoms with Gasteiger partial charge in [-0.3, -0.25) is 4.79 Å². The molecule has 8 nitrogen and oxygen atoms in total. The number of likely N-dealkylation sites (tertiary alicyclic amines) is 1. The van der Waals surface area contributed by atoms with Gasteiger partial charge in [0.15, 0.2) is 5.69 Å². The zero-order chi connectivity index (χ0) is 21.5. The number of nitrogens with zero attached hydrogens (tertiary/aromatic N) is 3. The second kappa shape index (κ2) is 7.59. The van der Waals surface area contributed by atoms with Gasteiger partial charge in [0, 0.05) is 31.1 Å². The van der Waals surface area contributed by atoms with Crippen LogP contribution in [0.4, 0.5) is 0 Å². The van der Waals surface area contributed by atoms with E-state index in [0.717, 1.165) is 0 Å². The van der Waals surface area contributed by atoms with E-state index in [2.05, 4.69) is 16.9 Å². The quantitative estimate of drug-likeness (QED) is 0.578. The van der Waals surface area contributed by atoms with Crippen LogP contribution in [0.3, 0.4) is 0 Å². The number of carbonyl (C=O) groups excluding carboxylic acids is 2. The second-order valence-electron chi connectivity index (χ2n) is 7.54. The summed E-state index contributed by atoms with van der Waals surface area (Å²) >= 11 is 0. The van der Waals surface area contributed by atoms with Gasteiger partial charge in [0.2, 0.25) is 5.60 Å². The van der Waals surface area contributed by atoms with Crippen molar-refractivity contribution in [2.24, 2.45) is 0 Å². The van der Waals surface area contributed by atoms with Crippen LogP contribution in [0.2, 0.25) is 0 Å². The maximum atomic E-state index is 12.3. The maximum Gasteiger partial charge on any atom is 0.359 e. The molecule has 0 radical (unpaired) electrons. The van der Waals surface area contributed by atoms with Crippen molar-refractivity contribution in [3.05, 3.63) is 46.8 Å². The van der Waals surface area contributed by atoms with Gasteiger partial charge >= 0.3 is 5.97 Å². The molecule has 156 valence electrons. The molecule has 1 aromatic heterocycles. The molecule has 2 N–H and O–H groups in total. The predicted molar refractivity (Wildman–Crippen MR) is 107 cm³/mol. The van der Waals surface area contributed by atoms with E-state index in [9.17, 15) is 19.8 Å². The molecule has 30 heavy (non-hydrogen) atoms. The summed E-state index contributed by atoms with van der Waals surface area (Å²) in [5.41, 5.74) is 1.02. The monoisotopic (exact) mass is 409 g/mol. The Labute approximate surface area is 174 Å². The summed E-state index contributed by atoms with van der Waals surface area (Å²) in [6, 6.07) is 7.06. The van der Waals surface area contributed by atoms with Crippen LogP contribution in [0, 0.1) is 11.8 Å². The standard InChI is InChI=1S/C22H23N3O5/c1-3-30-20(27)18-16-7-8-17(26)19(16)25(23-18)15-6-4-5-14(13-15)9-10-22(29)11-12-24(2)21(22)28/h4-6,13,17,26,29H,3,7-8,11-12H2,1-2H3/t17?,22-/m0/s1. The van der Waals surface area contributed by atoms with Crippen molar-refractivity contribution in [3.63, 3.8) is 0 Å². The van der Waals surface area contributed by atoms with Crippen molar-refractivity contribution in [1.82, 2.24) is 14.7 Å². The summed E-state index contributed by atoms with van der Waals surface area (Å²) in [4.78, 5) is 25.9.